The number of nitrogens with zero attached hydrogens (tertiary/aromatic N) is 1. The average molecular weight is 281 g/mol. The molecule has 2 fully saturated rings. The Hall–Kier alpha value is -0.770. The van der Waals surface area contributed by atoms with E-state index < -0.39 is 0 Å². The predicted octanol–water partition coefficient (Wildman–Crippen LogP) is 2.82. The van der Waals surface area contributed by atoms with E-state index in [9.17, 15) is 0 Å². The van der Waals surface area contributed by atoms with Crippen LogP contribution >= 0.6 is 11.6 Å². The first-order valence-electron chi connectivity index (χ1n) is 7.10. The first-order valence-corrected chi connectivity index (χ1v) is 7.48. The molecule has 104 valence electrons. The molecule has 1 unspecified atom stereocenters. The quantitative estimate of drug-likeness (QED) is 0.918. The van der Waals surface area contributed by atoms with Crippen LogP contribution in [0.4, 0.5) is 5.69 Å². The molecule has 1 aromatic rings. The van der Waals surface area contributed by atoms with Gasteiger partial charge in [0.05, 0.1) is 13.2 Å². The fraction of sp³-hybridized carbons (Fsp3) is 0.600. The Morgan fingerprint density at radius 3 is 2.95 bits per heavy atom. The molecule has 1 heterocycles. The standard InChI is InChI=1S/C15H21ClN2O/c1-11-10-19-7-6-18(11)14-5-2-12(15(16)8-14)9-17-13-3-4-13/h2,5,8,11,13,17H,3-4,6-7,9-10H2,1H3. The van der Waals surface area contributed by atoms with Crippen LogP contribution in [0.1, 0.15) is 25.3 Å². The zero-order valence-corrected chi connectivity index (χ0v) is 12.1. The van der Waals surface area contributed by atoms with E-state index in [0.29, 0.717) is 6.04 Å². The van der Waals surface area contributed by atoms with E-state index in [1.54, 1.807) is 0 Å². The second-order valence-corrected chi connectivity index (χ2v) is 5.96. The van der Waals surface area contributed by atoms with Crippen molar-refractivity contribution in [3.8, 4) is 0 Å². The zero-order valence-electron chi connectivity index (χ0n) is 11.4. The van der Waals surface area contributed by atoms with Crippen LogP contribution in [0.3, 0.4) is 0 Å². The average Bonchev–Trinajstić information content (AvgIpc) is 3.22. The van der Waals surface area contributed by atoms with Crippen molar-refractivity contribution in [1.82, 2.24) is 5.32 Å². The fourth-order valence-corrected chi connectivity index (χ4v) is 2.75. The molecule has 1 saturated heterocycles. The lowest BCUT2D eigenvalue weighted by molar-refractivity contribution is 0.0989. The summed E-state index contributed by atoms with van der Waals surface area (Å²) >= 11 is 6.40. The summed E-state index contributed by atoms with van der Waals surface area (Å²) in [5.41, 5.74) is 2.40. The highest BCUT2D eigenvalue weighted by Gasteiger charge is 2.21. The molecule has 3 nitrogen and oxygen atoms in total. The molecule has 0 spiro atoms. The van der Waals surface area contributed by atoms with Gasteiger partial charge in [0, 0.05) is 35.9 Å². The minimum Gasteiger partial charge on any atom is -0.377 e. The Morgan fingerprint density at radius 1 is 1.42 bits per heavy atom. The molecule has 1 aliphatic carbocycles. The Balaban J connectivity index is 1.70. The summed E-state index contributed by atoms with van der Waals surface area (Å²) in [4.78, 5) is 2.37. The highest BCUT2D eigenvalue weighted by molar-refractivity contribution is 6.31. The number of nitrogens with one attached hydrogen (secondary N) is 1. The maximum atomic E-state index is 6.40. The van der Waals surface area contributed by atoms with Gasteiger partial charge in [-0.1, -0.05) is 17.7 Å². The molecule has 0 amide bonds. The second-order valence-electron chi connectivity index (χ2n) is 5.55. The van der Waals surface area contributed by atoms with Crippen LogP contribution in [0, 0.1) is 0 Å². The summed E-state index contributed by atoms with van der Waals surface area (Å²) in [6.45, 7) is 5.60. The molecular formula is C15H21ClN2O. The van der Waals surface area contributed by atoms with Gasteiger partial charge in [-0.15, -0.1) is 0 Å². The molecule has 0 bridgehead atoms. The summed E-state index contributed by atoms with van der Waals surface area (Å²) in [7, 11) is 0. The molecular weight excluding hydrogens is 260 g/mol. The fourth-order valence-electron chi connectivity index (χ4n) is 2.51. The summed E-state index contributed by atoms with van der Waals surface area (Å²) in [6.07, 6.45) is 2.61. The topological polar surface area (TPSA) is 24.5 Å². The van der Waals surface area contributed by atoms with Crippen LogP contribution in [-0.4, -0.2) is 31.8 Å². The van der Waals surface area contributed by atoms with Crippen LogP contribution < -0.4 is 10.2 Å². The van der Waals surface area contributed by atoms with Gasteiger partial charge >= 0.3 is 0 Å². The number of halogens is 1. The van der Waals surface area contributed by atoms with E-state index >= 15 is 0 Å². The van der Waals surface area contributed by atoms with E-state index in [-0.39, 0.29) is 0 Å². The smallest absolute Gasteiger partial charge is 0.0668 e. The Morgan fingerprint density at radius 2 is 2.26 bits per heavy atom. The number of morpholine rings is 1. The van der Waals surface area contributed by atoms with Crippen LogP contribution in [0.15, 0.2) is 18.2 Å². The highest BCUT2D eigenvalue weighted by Crippen LogP contribution is 2.27. The second kappa shape index (κ2) is 5.70. The lowest BCUT2D eigenvalue weighted by Gasteiger charge is -2.35. The van der Waals surface area contributed by atoms with Gasteiger partial charge in [0.15, 0.2) is 0 Å². The molecule has 4 heteroatoms. The van der Waals surface area contributed by atoms with Crippen molar-refractivity contribution in [2.24, 2.45) is 0 Å². The third kappa shape index (κ3) is 3.22. The molecule has 1 N–H and O–H groups in total. The number of ether oxygens (including phenoxy) is 1. The zero-order chi connectivity index (χ0) is 13.2. The van der Waals surface area contributed by atoms with Gasteiger partial charge in [0.1, 0.15) is 0 Å². The van der Waals surface area contributed by atoms with E-state index in [2.05, 4.69) is 35.3 Å². The summed E-state index contributed by atoms with van der Waals surface area (Å²) in [6, 6.07) is 7.55. The summed E-state index contributed by atoms with van der Waals surface area (Å²) in [5, 5.41) is 4.37. The van der Waals surface area contributed by atoms with Crippen molar-refractivity contribution in [1.29, 1.82) is 0 Å². The third-order valence-electron chi connectivity index (χ3n) is 3.89. The maximum Gasteiger partial charge on any atom is 0.0668 e. The largest absolute Gasteiger partial charge is 0.377 e. The van der Waals surface area contributed by atoms with Crippen molar-refractivity contribution in [3.63, 3.8) is 0 Å². The summed E-state index contributed by atoms with van der Waals surface area (Å²) < 4.78 is 5.47. The van der Waals surface area contributed by atoms with Crippen LogP contribution in [0.2, 0.25) is 5.02 Å². The molecule has 3 rings (SSSR count). The van der Waals surface area contributed by atoms with Gasteiger partial charge in [0.2, 0.25) is 0 Å². The SMILES string of the molecule is CC1COCCN1c1ccc(CNC2CC2)c(Cl)c1. The van der Waals surface area contributed by atoms with E-state index in [1.165, 1.54) is 24.1 Å². The van der Waals surface area contributed by atoms with Crippen molar-refractivity contribution in [2.45, 2.75) is 38.4 Å². The number of hydrogen-bond acceptors (Lipinski definition) is 3. The minimum absolute atomic E-state index is 0.417. The third-order valence-corrected chi connectivity index (χ3v) is 4.25. The normalized spacial score (nSPS) is 23.7. The van der Waals surface area contributed by atoms with Crippen LogP contribution in [-0.2, 0) is 11.3 Å². The Bertz CT molecular complexity index is 448. The molecule has 1 saturated carbocycles. The Kier molecular flexibility index (Phi) is 3.96. The van der Waals surface area contributed by atoms with Crippen LogP contribution in [0.5, 0.6) is 0 Å². The molecule has 2 aliphatic rings. The number of anilines is 1. The van der Waals surface area contributed by atoms with Crippen molar-refractivity contribution >= 4 is 17.3 Å². The van der Waals surface area contributed by atoms with Gasteiger partial charge < -0.3 is 15.0 Å². The monoisotopic (exact) mass is 280 g/mol. The highest BCUT2D eigenvalue weighted by atomic mass is 35.5. The first-order chi connectivity index (χ1) is 9.24. The van der Waals surface area contributed by atoms with Crippen molar-refractivity contribution in [3.05, 3.63) is 28.8 Å². The lowest BCUT2D eigenvalue weighted by Crippen LogP contribution is -2.43. The molecule has 0 aromatic heterocycles. The molecule has 0 radical (unpaired) electrons. The maximum absolute atomic E-state index is 6.40. The van der Waals surface area contributed by atoms with Crippen LogP contribution in [0.25, 0.3) is 0 Å². The molecule has 19 heavy (non-hydrogen) atoms. The van der Waals surface area contributed by atoms with Gasteiger partial charge in [-0.2, -0.15) is 0 Å². The lowest BCUT2D eigenvalue weighted by atomic mass is 10.1. The predicted molar refractivity (Wildman–Crippen MR) is 78.9 cm³/mol. The Labute approximate surface area is 119 Å². The molecule has 1 aliphatic heterocycles. The van der Waals surface area contributed by atoms with E-state index in [0.717, 1.165) is 37.4 Å². The minimum atomic E-state index is 0.417. The summed E-state index contributed by atoms with van der Waals surface area (Å²) in [5.74, 6) is 0. The molecule has 1 aromatic carbocycles. The van der Waals surface area contributed by atoms with E-state index in [4.69, 9.17) is 16.3 Å². The van der Waals surface area contributed by atoms with Crippen molar-refractivity contribution in [2.75, 3.05) is 24.7 Å². The van der Waals surface area contributed by atoms with Gasteiger partial charge in [0.25, 0.3) is 0 Å². The van der Waals surface area contributed by atoms with E-state index in [1.807, 2.05) is 0 Å². The van der Waals surface area contributed by atoms with Gasteiger partial charge in [-0.3, -0.25) is 0 Å². The number of benzene rings is 1. The van der Waals surface area contributed by atoms with Crippen molar-refractivity contribution < 1.29 is 4.74 Å². The van der Waals surface area contributed by atoms with Gasteiger partial charge in [-0.05, 0) is 37.5 Å². The van der Waals surface area contributed by atoms with Gasteiger partial charge in [-0.25, -0.2) is 0 Å². The number of hydrogen-bond donors (Lipinski definition) is 1. The number of rotatable bonds is 4. The molecule has 1 atom stereocenters. The first kappa shape index (κ1) is 13.2.